The average Bonchev–Trinajstić information content (AvgIpc) is 2.92. The number of aliphatic hydroxyl groups excluding tert-OH is 1. The average molecular weight is 316 g/mol. The summed E-state index contributed by atoms with van der Waals surface area (Å²) in [4.78, 5) is 0. The first-order chi connectivity index (χ1) is 9.69. The number of para-hydroxylation sites is 1. The molecule has 1 aliphatic rings. The molecule has 112 valence electrons. The molecule has 3 atom stereocenters. The van der Waals surface area contributed by atoms with Crippen molar-refractivity contribution in [2.45, 2.75) is 36.7 Å². The van der Waals surface area contributed by atoms with E-state index in [0.717, 1.165) is 5.25 Å². The van der Waals surface area contributed by atoms with Gasteiger partial charge in [0.15, 0.2) is 0 Å². The van der Waals surface area contributed by atoms with E-state index in [-0.39, 0.29) is 6.61 Å². The zero-order valence-electron chi connectivity index (χ0n) is 11.7. The first kappa shape index (κ1) is 16.0. The van der Waals surface area contributed by atoms with Crippen LogP contribution < -0.4 is 10.1 Å². The van der Waals surface area contributed by atoms with Gasteiger partial charge in [-0.2, -0.15) is 11.8 Å². The van der Waals surface area contributed by atoms with Crippen LogP contribution in [0.2, 0.25) is 5.02 Å². The number of hydrogen-bond acceptors (Lipinski definition) is 4. The number of ether oxygens (including phenoxy) is 1. The summed E-state index contributed by atoms with van der Waals surface area (Å²) in [6.07, 6.45) is 5.31. The van der Waals surface area contributed by atoms with Crippen LogP contribution in [0.1, 0.15) is 19.3 Å². The molecule has 0 saturated heterocycles. The fourth-order valence-corrected chi connectivity index (χ4v) is 3.44. The van der Waals surface area contributed by atoms with E-state index in [4.69, 9.17) is 16.3 Å². The van der Waals surface area contributed by atoms with Gasteiger partial charge in [-0.25, -0.2) is 0 Å². The Morgan fingerprint density at radius 1 is 1.45 bits per heavy atom. The summed E-state index contributed by atoms with van der Waals surface area (Å²) in [7, 11) is 0. The highest BCUT2D eigenvalue weighted by Crippen LogP contribution is 2.28. The molecule has 1 aromatic rings. The third kappa shape index (κ3) is 4.85. The van der Waals surface area contributed by atoms with E-state index >= 15 is 0 Å². The maximum atomic E-state index is 9.95. The summed E-state index contributed by atoms with van der Waals surface area (Å²) in [6, 6.07) is 7.84. The molecule has 0 aliphatic heterocycles. The number of nitrogens with one attached hydrogen (secondary N) is 1. The van der Waals surface area contributed by atoms with E-state index in [1.807, 2.05) is 30.0 Å². The minimum Gasteiger partial charge on any atom is -0.489 e. The van der Waals surface area contributed by atoms with Crippen LogP contribution >= 0.6 is 23.4 Å². The van der Waals surface area contributed by atoms with Gasteiger partial charge >= 0.3 is 0 Å². The third-order valence-electron chi connectivity index (χ3n) is 3.63. The molecule has 2 rings (SSSR count). The number of benzene rings is 1. The van der Waals surface area contributed by atoms with E-state index in [0.29, 0.717) is 23.4 Å². The number of rotatable bonds is 7. The summed E-state index contributed by atoms with van der Waals surface area (Å²) >= 11 is 7.93. The van der Waals surface area contributed by atoms with Gasteiger partial charge in [-0.3, -0.25) is 0 Å². The molecule has 0 amide bonds. The molecule has 0 spiro atoms. The van der Waals surface area contributed by atoms with Crippen molar-refractivity contribution in [3.63, 3.8) is 0 Å². The lowest BCUT2D eigenvalue weighted by molar-refractivity contribution is 0.104. The van der Waals surface area contributed by atoms with Crippen LogP contribution in [0.4, 0.5) is 0 Å². The van der Waals surface area contributed by atoms with Crippen molar-refractivity contribution >= 4 is 23.4 Å². The molecule has 5 heteroatoms. The molecule has 2 N–H and O–H groups in total. The van der Waals surface area contributed by atoms with Gasteiger partial charge in [-0.05, 0) is 37.7 Å². The van der Waals surface area contributed by atoms with Gasteiger partial charge in [-0.1, -0.05) is 23.7 Å². The second-order valence-electron chi connectivity index (χ2n) is 5.17. The lowest BCUT2D eigenvalue weighted by Gasteiger charge is -2.17. The zero-order valence-corrected chi connectivity index (χ0v) is 13.3. The molecule has 1 aromatic carbocycles. The second-order valence-corrected chi connectivity index (χ2v) is 6.72. The quantitative estimate of drug-likeness (QED) is 0.812. The molecule has 0 radical (unpaired) electrons. The zero-order chi connectivity index (χ0) is 14.4. The Bertz CT molecular complexity index is 419. The first-order valence-corrected chi connectivity index (χ1v) is 8.67. The van der Waals surface area contributed by atoms with Crippen molar-refractivity contribution < 1.29 is 9.84 Å². The summed E-state index contributed by atoms with van der Waals surface area (Å²) in [5, 5.41) is 14.7. The Hall–Kier alpha value is -0.420. The van der Waals surface area contributed by atoms with Crippen molar-refractivity contribution in [1.82, 2.24) is 5.32 Å². The Balaban J connectivity index is 1.66. The smallest absolute Gasteiger partial charge is 0.138 e. The largest absolute Gasteiger partial charge is 0.489 e. The van der Waals surface area contributed by atoms with Gasteiger partial charge < -0.3 is 15.2 Å². The van der Waals surface area contributed by atoms with Crippen molar-refractivity contribution in [1.29, 1.82) is 0 Å². The van der Waals surface area contributed by atoms with Crippen molar-refractivity contribution in [2.75, 3.05) is 19.4 Å². The van der Waals surface area contributed by atoms with Gasteiger partial charge in [0.1, 0.15) is 18.5 Å². The van der Waals surface area contributed by atoms with Crippen LogP contribution in [-0.4, -0.2) is 41.9 Å². The number of halogens is 1. The number of hydrogen-bond donors (Lipinski definition) is 2. The van der Waals surface area contributed by atoms with E-state index in [2.05, 4.69) is 11.6 Å². The van der Waals surface area contributed by atoms with E-state index in [1.54, 1.807) is 6.07 Å². The van der Waals surface area contributed by atoms with Crippen LogP contribution in [0, 0.1) is 0 Å². The molecule has 0 bridgehead atoms. The SMILES string of the molecule is CSC1CCC(NCC(O)COc2ccccc2Cl)C1. The minimum atomic E-state index is -0.514. The third-order valence-corrected chi connectivity index (χ3v) is 5.03. The minimum absolute atomic E-state index is 0.259. The van der Waals surface area contributed by atoms with Gasteiger partial charge in [0, 0.05) is 17.8 Å². The molecule has 3 unspecified atom stereocenters. The standard InChI is InChI=1S/C15H22ClNO2S/c1-20-13-7-6-11(8-13)17-9-12(18)10-19-15-5-3-2-4-14(15)16/h2-5,11-13,17-18H,6-10H2,1H3. The maximum Gasteiger partial charge on any atom is 0.138 e. The summed E-state index contributed by atoms with van der Waals surface area (Å²) in [6.45, 7) is 0.825. The first-order valence-electron chi connectivity index (χ1n) is 7.00. The van der Waals surface area contributed by atoms with Crippen molar-refractivity contribution in [2.24, 2.45) is 0 Å². The van der Waals surface area contributed by atoms with Crippen LogP contribution in [0.25, 0.3) is 0 Å². The van der Waals surface area contributed by atoms with Crippen LogP contribution in [-0.2, 0) is 0 Å². The van der Waals surface area contributed by atoms with Crippen molar-refractivity contribution in [3.05, 3.63) is 29.3 Å². The lowest BCUT2D eigenvalue weighted by atomic mass is 10.2. The molecule has 3 nitrogen and oxygen atoms in total. The summed E-state index contributed by atoms with van der Waals surface area (Å²) < 4.78 is 5.53. The molecule has 0 aromatic heterocycles. The number of thioether (sulfide) groups is 1. The highest BCUT2D eigenvalue weighted by molar-refractivity contribution is 7.99. The van der Waals surface area contributed by atoms with Crippen LogP contribution in [0.3, 0.4) is 0 Å². The molecule has 1 saturated carbocycles. The molecular weight excluding hydrogens is 294 g/mol. The highest BCUT2D eigenvalue weighted by atomic mass is 35.5. The van der Waals surface area contributed by atoms with Gasteiger partial charge in [-0.15, -0.1) is 0 Å². The topological polar surface area (TPSA) is 41.5 Å². The van der Waals surface area contributed by atoms with E-state index in [1.165, 1.54) is 19.3 Å². The molecule has 20 heavy (non-hydrogen) atoms. The summed E-state index contributed by atoms with van der Waals surface area (Å²) in [5.74, 6) is 0.622. The second kappa shape index (κ2) is 8.13. The molecular formula is C15H22ClNO2S. The molecule has 1 aliphatic carbocycles. The predicted molar refractivity (Wildman–Crippen MR) is 85.9 cm³/mol. The van der Waals surface area contributed by atoms with Crippen LogP contribution in [0.5, 0.6) is 5.75 Å². The Morgan fingerprint density at radius 3 is 2.95 bits per heavy atom. The molecule has 0 heterocycles. The normalized spacial score (nSPS) is 23.8. The van der Waals surface area contributed by atoms with Gasteiger partial charge in [0.25, 0.3) is 0 Å². The highest BCUT2D eigenvalue weighted by Gasteiger charge is 2.23. The fourth-order valence-electron chi connectivity index (χ4n) is 2.45. The van der Waals surface area contributed by atoms with E-state index < -0.39 is 6.10 Å². The van der Waals surface area contributed by atoms with Gasteiger partial charge in [0.2, 0.25) is 0 Å². The monoisotopic (exact) mass is 315 g/mol. The Morgan fingerprint density at radius 2 is 2.25 bits per heavy atom. The number of aliphatic hydroxyl groups is 1. The Kier molecular flexibility index (Phi) is 6.49. The summed E-state index contributed by atoms with van der Waals surface area (Å²) in [5.41, 5.74) is 0. The van der Waals surface area contributed by atoms with Crippen molar-refractivity contribution in [3.8, 4) is 5.75 Å². The lowest BCUT2D eigenvalue weighted by Crippen LogP contribution is -2.37. The van der Waals surface area contributed by atoms with Crippen LogP contribution in [0.15, 0.2) is 24.3 Å². The fraction of sp³-hybridized carbons (Fsp3) is 0.600. The predicted octanol–water partition coefficient (Wildman–Crippen LogP) is 2.95. The van der Waals surface area contributed by atoms with E-state index in [9.17, 15) is 5.11 Å². The Labute approximate surface area is 130 Å². The molecule has 1 fully saturated rings. The van der Waals surface area contributed by atoms with Gasteiger partial charge in [0.05, 0.1) is 5.02 Å². The maximum absolute atomic E-state index is 9.95.